The van der Waals surface area contributed by atoms with Gasteiger partial charge in [-0.05, 0) is 67.7 Å². The van der Waals surface area contributed by atoms with E-state index in [1.165, 1.54) is 26.4 Å². The van der Waals surface area contributed by atoms with Gasteiger partial charge >= 0.3 is 0 Å². The van der Waals surface area contributed by atoms with Gasteiger partial charge in [0.25, 0.3) is 0 Å². The first kappa shape index (κ1) is 7.49. The third-order valence-corrected chi connectivity index (χ3v) is 4.33. The Labute approximate surface area is 191 Å². The summed E-state index contributed by atoms with van der Waals surface area (Å²) in [6.07, 6.45) is -9.71. The van der Waals surface area contributed by atoms with Crippen LogP contribution in [0.3, 0.4) is 0 Å². The fourth-order valence-corrected chi connectivity index (χ4v) is 3.00. The number of carbonyl (C=O) groups excluding carboxylic acids is 1. The molecule has 1 heterocycles. The summed E-state index contributed by atoms with van der Waals surface area (Å²) in [4.78, 5) is 13.0. The van der Waals surface area contributed by atoms with Crippen LogP contribution in [0.25, 0.3) is 0 Å². The summed E-state index contributed by atoms with van der Waals surface area (Å²) in [6.45, 7) is -11.8. The normalized spacial score (nSPS) is 40.5. The molecule has 1 atom stereocenters. The Morgan fingerprint density at radius 1 is 1.18 bits per heavy atom. The monoisotopic (exact) mass is 396 g/mol. The molecule has 2 aromatic carbocycles. The average molecular weight is 397 g/mol. The zero-order valence-corrected chi connectivity index (χ0v) is 15.2. The highest BCUT2D eigenvalue weighted by atomic mass is 16.5. The topological polar surface area (TPSA) is 38.8 Å². The van der Waals surface area contributed by atoms with Crippen molar-refractivity contribution in [1.29, 1.82) is 0 Å². The van der Waals surface area contributed by atoms with E-state index in [4.69, 9.17) is 32.8 Å². The predicted molar refractivity (Wildman–Crippen MR) is 110 cm³/mol. The Morgan fingerprint density at radius 2 is 1.86 bits per heavy atom. The van der Waals surface area contributed by atoms with E-state index in [0.717, 1.165) is 0 Å². The minimum absolute atomic E-state index is 0.0756. The highest BCUT2D eigenvalue weighted by Gasteiger charge is 2.34. The van der Waals surface area contributed by atoms with E-state index in [2.05, 4.69) is 0 Å². The fraction of sp³-hybridized carbons (Fsp3) is 0.458. The van der Waals surface area contributed by atoms with E-state index < -0.39 is 103 Å². The lowest BCUT2D eigenvalue weighted by molar-refractivity contribution is 0.0895. The highest BCUT2D eigenvalue weighted by molar-refractivity contribution is 6.02. The molecule has 2 aromatic rings. The lowest BCUT2D eigenvalue weighted by Crippen LogP contribution is -2.34. The molecular formula is C24H29NO3. The number of likely N-dealkylation sites (tertiary alicyclic amines) is 1. The number of nitrogens with zero attached hydrogens (tertiary/aromatic N) is 1. The molecule has 1 aliphatic carbocycles. The molecule has 0 aromatic heterocycles. The van der Waals surface area contributed by atoms with Crippen molar-refractivity contribution >= 4 is 5.78 Å². The minimum Gasteiger partial charge on any atom is -0.493 e. The maximum atomic E-state index is 13.6. The summed E-state index contributed by atoms with van der Waals surface area (Å²) in [5.41, 5.74) is -1.15. The van der Waals surface area contributed by atoms with Gasteiger partial charge in [-0.25, -0.2) is 0 Å². The van der Waals surface area contributed by atoms with Crippen molar-refractivity contribution in [2.75, 3.05) is 27.2 Å². The number of methoxy groups -OCH3 is 2. The summed E-state index contributed by atoms with van der Waals surface area (Å²) in [5, 5.41) is 0. The summed E-state index contributed by atoms with van der Waals surface area (Å²) in [7, 11) is 2.61. The number of hydrogen-bond acceptors (Lipinski definition) is 4. The van der Waals surface area contributed by atoms with Crippen LogP contribution in [0.15, 0.2) is 42.3 Å². The van der Waals surface area contributed by atoms with E-state index in [1.54, 1.807) is 0 Å². The number of hydrogen-bond donors (Lipinski definition) is 0. The van der Waals surface area contributed by atoms with Gasteiger partial charge in [-0.2, -0.15) is 0 Å². The lowest BCUT2D eigenvalue weighted by atomic mass is 9.85. The number of rotatable bonds is 6. The molecule has 2 aliphatic rings. The first-order chi connectivity index (χ1) is 20.2. The fourth-order valence-electron chi connectivity index (χ4n) is 3.00. The van der Waals surface area contributed by atoms with Crippen molar-refractivity contribution in [3.05, 3.63) is 59.0 Å². The average Bonchev–Trinajstić information content (AvgIpc) is 3.16. The van der Waals surface area contributed by atoms with Gasteiger partial charge in [0, 0.05) is 34.4 Å². The van der Waals surface area contributed by atoms with Crippen molar-refractivity contribution in [2.24, 2.45) is 11.8 Å². The largest absolute Gasteiger partial charge is 0.493 e. The minimum atomic E-state index is -3.99. The number of ketones is 1. The van der Waals surface area contributed by atoms with Gasteiger partial charge in [-0.1, -0.05) is 30.2 Å². The Balaban J connectivity index is 1.91. The van der Waals surface area contributed by atoms with Crippen LogP contribution >= 0.6 is 0 Å². The van der Waals surface area contributed by atoms with Crippen LogP contribution in [-0.4, -0.2) is 37.9 Å². The van der Waals surface area contributed by atoms with Crippen LogP contribution in [0.4, 0.5) is 0 Å². The maximum absolute atomic E-state index is 13.6. The Bertz CT molecular complexity index is 1540. The SMILES string of the molecule is [2H]c1c([2H])c([2H])c(C([2H])([2H])N2C([2H])([2H])C([2H])([2H])C([2H])(CC3([2H])Cc4cc(OC)c(OC)cc4C3=O)C([2H])([2H])C2([2H])[2H])c([2H])c1[2H]. The van der Waals surface area contributed by atoms with Gasteiger partial charge in [0.15, 0.2) is 17.3 Å². The molecule has 0 saturated carbocycles. The summed E-state index contributed by atoms with van der Waals surface area (Å²) < 4.78 is 156. The quantitative estimate of drug-likeness (QED) is 0.727. The molecule has 4 rings (SSSR count). The highest BCUT2D eigenvalue weighted by Crippen LogP contribution is 2.39. The van der Waals surface area contributed by atoms with Crippen molar-refractivity contribution in [2.45, 2.75) is 32.1 Å². The van der Waals surface area contributed by atoms with E-state index in [-0.39, 0.29) is 22.6 Å². The predicted octanol–water partition coefficient (Wildman–Crippen LogP) is 4.36. The van der Waals surface area contributed by atoms with Crippen LogP contribution in [0.1, 0.15) is 64.0 Å². The van der Waals surface area contributed by atoms with Gasteiger partial charge < -0.3 is 9.47 Å². The summed E-state index contributed by atoms with van der Waals surface area (Å²) in [6, 6.07) is -2.84. The van der Waals surface area contributed by atoms with Gasteiger partial charge in [0.05, 0.1) is 21.1 Å². The molecular weight excluding hydrogens is 350 g/mol. The Kier molecular flexibility index (Phi) is 2.24. The second-order valence-electron chi connectivity index (χ2n) is 6.05. The Morgan fingerprint density at radius 3 is 2.54 bits per heavy atom. The third kappa shape index (κ3) is 3.93. The van der Waals surface area contributed by atoms with Crippen molar-refractivity contribution in [3.8, 4) is 11.5 Å². The number of benzene rings is 2. The van der Waals surface area contributed by atoms with E-state index in [1.807, 2.05) is 0 Å². The van der Waals surface area contributed by atoms with Gasteiger partial charge in [0.2, 0.25) is 0 Å². The second kappa shape index (κ2) is 8.36. The van der Waals surface area contributed by atoms with Gasteiger partial charge in [-0.15, -0.1) is 0 Å². The molecule has 0 spiro atoms. The van der Waals surface area contributed by atoms with Crippen LogP contribution in [0.2, 0.25) is 0 Å². The molecule has 0 radical (unpaired) electrons. The lowest BCUT2D eigenvalue weighted by Gasteiger charge is -2.32. The molecule has 0 amide bonds. The van der Waals surface area contributed by atoms with Crippen LogP contribution < -0.4 is 9.47 Å². The number of Topliss-reactive ketones (excluding diaryl/α,β-unsaturated/α-hetero) is 1. The van der Waals surface area contributed by atoms with Gasteiger partial charge in [0.1, 0.15) is 0 Å². The smallest absolute Gasteiger partial charge is 0.166 e. The summed E-state index contributed by atoms with van der Waals surface area (Å²) in [5.74, 6) is -6.81. The molecule has 148 valence electrons. The molecule has 28 heavy (non-hydrogen) atoms. The molecule has 1 saturated heterocycles. The first-order valence-corrected chi connectivity index (χ1v) is 8.42. The zero-order valence-electron chi connectivity index (χ0n) is 32.2. The third-order valence-electron chi connectivity index (χ3n) is 4.33. The summed E-state index contributed by atoms with van der Waals surface area (Å²) >= 11 is 0. The second-order valence-corrected chi connectivity index (χ2v) is 6.05. The van der Waals surface area contributed by atoms with Crippen molar-refractivity contribution < 1.29 is 37.6 Å². The molecule has 4 nitrogen and oxygen atoms in total. The van der Waals surface area contributed by atoms with Crippen LogP contribution in [0.5, 0.6) is 11.5 Å². The van der Waals surface area contributed by atoms with E-state index >= 15 is 0 Å². The van der Waals surface area contributed by atoms with Crippen molar-refractivity contribution in [1.82, 2.24) is 4.90 Å². The number of carbonyl (C=O) groups is 1. The molecule has 0 bridgehead atoms. The number of piperidine rings is 1. The molecule has 1 unspecified atom stereocenters. The van der Waals surface area contributed by atoms with Crippen molar-refractivity contribution in [3.63, 3.8) is 0 Å². The molecule has 1 fully saturated rings. The zero-order chi connectivity index (χ0) is 34.7. The van der Waals surface area contributed by atoms with Crippen LogP contribution in [0, 0.1) is 11.8 Å². The molecule has 4 heteroatoms. The first-order valence-electron chi connectivity index (χ1n) is 16.9. The van der Waals surface area contributed by atoms with Crippen LogP contribution in [-0.2, 0) is 12.9 Å². The number of fused-ring (bicyclic) bond motifs is 1. The maximum Gasteiger partial charge on any atom is 0.166 e. The van der Waals surface area contributed by atoms with Gasteiger partial charge in [-0.3, -0.25) is 9.69 Å². The Hall–Kier alpha value is -2.33. The van der Waals surface area contributed by atoms with E-state index in [9.17, 15) is 4.79 Å². The van der Waals surface area contributed by atoms with E-state index in [0.29, 0.717) is 0 Å². The standard InChI is InChI=1S/C24H29NO3/c1-27-22-14-19-13-20(24(26)21(19)15-23(22)28-2)12-17-8-10-25(11-9-17)16-18-6-4-3-5-7-18/h3-7,14-15,17,20H,8-13,16H2,1-2H3/i3D,4D,5D,6D,7D,8D2,9D2,10D2,11D2,16D2,17D,20D. The molecule has 0 N–H and O–H groups in total. The molecule has 1 aliphatic heterocycles. The number of ether oxygens (including phenoxy) is 2.